The summed E-state index contributed by atoms with van der Waals surface area (Å²) in [5.74, 6) is -1.07. The maximum absolute atomic E-state index is 13.1. The van der Waals surface area contributed by atoms with Crippen LogP contribution in [0.5, 0.6) is 0 Å². The maximum atomic E-state index is 13.1. The van der Waals surface area contributed by atoms with Crippen molar-refractivity contribution in [3.05, 3.63) is 59.1 Å². The number of halogens is 4. The zero-order valence-electron chi connectivity index (χ0n) is 19.9. The van der Waals surface area contributed by atoms with Gasteiger partial charge in [-0.25, -0.2) is 0 Å². The Balaban J connectivity index is 1.32. The molecule has 3 amide bonds. The lowest BCUT2D eigenvalue weighted by atomic mass is 10.1. The van der Waals surface area contributed by atoms with Crippen molar-refractivity contribution in [1.29, 1.82) is 0 Å². The van der Waals surface area contributed by atoms with Gasteiger partial charge in [-0.05, 0) is 42.5 Å². The van der Waals surface area contributed by atoms with Crippen LogP contribution in [-0.2, 0) is 20.6 Å². The predicted octanol–water partition coefficient (Wildman–Crippen LogP) is 2.84. The molecule has 2 N–H and O–H groups in total. The van der Waals surface area contributed by atoms with Crippen molar-refractivity contribution >= 4 is 40.7 Å². The highest BCUT2D eigenvalue weighted by atomic mass is 35.5. The molecule has 0 radical (unpaired) electrons. The van der Waals surface area contributed by atoms with Gasteiger partial charge in [0.15, 0.2) is 0 Å². The zero-order chi connectivity index (χ0) is 26.6. The third-order valence-electron chi connectivity index (χ3n) is 6.43. The summed E-state index contributed by atoms with van der Waals surface area (Å²) in [7, 11) is 0. The first-order valence-electron chi connectivity index (χ1n) is 11.9. The minimum absolute atomic E-state index is 0.0546. The summed E-state index contributed by atoms with van der Waals surface area (Å²) in [5, 5.41) is 5.94. The molecule has 0 saturated carbocycles. The van der Waals surface area contributed by atoms with Crippen molar-refractivity contribution in [2.45, 2.75) is 18.6 Å². The number of anilines is 2. The molecule has 4 rings (SSSR count). The molecule has 2 heterocycles. The molecular weight excluding hydrogens is 511 g/mol. The number of alkyl halides is 3. The van der Waals surface area contributed by atoms with Crippen LogP contribution in [0.1, 0.15) is 12.0 Å². The summed E-state index contributed by atoms with van der Waals surface area (Å²) in [4.78, 5) is 43.4. The minimum atomic E-state index is -4.41. The Morgan fingerprint density at radius 3 is 2.41 bits per heavy atom. The Morgan fingerprint density at radius 2 is 1.73 bits per heavy atom. The molecule has 0 bridgehead atoms. The first kappa shape index (κ1) is 26.7. The molecule has 2 aliphatic rings. The van der Waals surface area contributed by atoms with E-state index in [1.807, 2.05) is 9.80 Å². The summed E-state index contributed by atoms with van der Waals surface area (Å²) in [5.41, 5.74) is 0.319. The average molecular weight is 538 g/mol. The van der Waals surface area contributed by atoms with Crippen LogP contribution in [0.2, 0.25) is 5.02 Å². The molecule has 37 heavy (non-hydrogen) atoms. The van der Waals surface area contributed by atoms with Crippen LogP contribution in [0.4, 0.5) is 24.5 Å². The molecule has 1 atom stereocenters. The lowest BCUT2D eigenvalue weighted by molar-refractivity contribution is -0.145. The molecule has 2 aliphatic heterocycles. The third-order valence-corrected chi connectivity index (χ3v) is 6.68. The van der Waals surface area contributed by atoms with Crippen LogP contribution in [0.25, 0.3) is 0 Å². The van der Waals surface area contributed by atoms with Crippen molar-refractivity contribution in [3.8, 4) is 0 Å². The molecular formula is C25H27ClF3N5O3. The van der Waals surface area contributed by atoms with E-state index >= 15 is 0 Å². The molecule has 1 unspecified atom stereocenters. The summed E-state index contributed by atoms with van der Waals surface area (Å²) in [6.07, 6.45) is -4.60. The fraction of sp³-hybridized carbons (Fsp3) is 0.400. The van der Waals surface area contributed by atoms with Gasteiger partial charge >= 0.3 is 6.18 Å². The predicted molar refractivity (Wildman–Crippen MR) is 133 cm³/mol. The second-order valence-corrected chi connectivity index (χ2v) is 9.40. The van der Waals surface area contributed by atoms with Crippen LogP contribution in [0, 0.1) is 0 Å². The van der Waals surface area contributed by atoms with Crippen molar-refractivity contribution in [3.63, 3.8) is 0 Å². The van der Waals surface area contributed by atoms with Gasteiger partial charge in [0.25, 0.3) is 0 Å². The van der Waals surface area contributed by atoms with E-state index in [2.05, 4.69) is 10.6 Å². The van der Waals surface area contributed by atoms with Gasteiger partial charge in [0, 0.05) is 55.7 Å². The standard InChI is InChI=1S/C25H27ClF3N5O3/c26-18-4-6-19(7-5-18)31-22(35)15-21-24(37)30-8-9-34(21)23(36)16-32-10-12-33(13-11-32)20-3-1-2-17(14-20)25(27,28)29/h1-7,14,21H,8-13,15-16H2,(H,30,37)(H,31,35). The zero-order valence-corrected chi connectivity index (χ0v) is 20.7. The second-order valence-electron chi connectivity index (χ2n) is 8.96. The molecule has 0 aliphatic carbocycles. The van der Waals surface area contributed by atoms with Gasteiger partial charge in [-0.1, -0.05) is 17.7 Å². The highest BCUT2D eigenvalue weighted by Crippen LogP contribution is 2.32. The van der Waals surface area contributed by atoms with E-state index in [-0.39, 0.29) is 31.3 Å². The number of benzene rings is 2. The SMILES string of the molecule is O=C(CC1C(=O)NCCN1C(=O)CN1CCN(c2cccc(C(F)(F)F)c2)CC1)Nc1ccc(Cl)cc1. The summed E-state index contributed by atoms with van der Waals surface area (Å²) >= 11 is 5.86. The minimum Gasteiger partial charge on any atom is -0.369 e. The van der Waals surface area contributed by atoms with Crippen molar-refractivity contribution in [2.24, 2.45) is 0 Å². The number of carbonyl (C=O) groups excluding carboxylic acids is 3. The Bertz CT molecular complexity index is 1140. The molecule has 12 heteroatoms. The highest BCUT2D eigenvalue weighted by molar-refractivity contribution is 6.30. The molecule has 2 saturated heterocycles. The quantitative estimate of drug-likeness (QED) is 0.592. The fourth-order valence-corrected chi connectivity index (χ4v) is 4.59. The first-order valence-corrected chi connectivity index (χ1v) is 12.2. The number of amides is 3. The maximum Gasteiger partial charge on any atom is 0.416 e. The lowest BCUT2D eigenvalue weighted by Crippen LogP contribution is -2.60. The Kier molecular flexibility index (Phi) is 8.23. The number of hydrogen-bond acceptors (Lipinski definition) is 5. The van der Waals surface area contributed by atoms with E-state index in [4.69, 9.17) is 11.6 Å². The fourth-order valence-electron chi connectivity index (χ4n) is 4.46. The Morgan fingerprint density at radius 1 is 1.03 bits per heavy atom. The number of nitrogens with zero attached hydrogens (tertiary/aromatic N) is 3. The molecule has 0 spiro atoms. The highest BCUT2D eigenvalue weighted by Gasteiger charge is 2.36. The Labute approximate surface area is 217 Å². The van der Waals surface area contributed by atoms with Gasteiger partial charge in [0.1, 0.15) is 6.04 Å². The number of piperazine rings is 2. The van der Waals surface area contributed by atoms with Crippen LogP contribution in [0.15, 0.2) is 48.5 Å². The van der Waals surface area contributed by atoms with Crippen molar-refractivity contribution < 1.29 is 27.6 Å². The van der Waals surface area contributed by atoms with Gasteiger partial charge in [-0.3, -0.25) is 19.3 Å². The number of carbonyl (C=O) groups is 3. The van der Waals surface area contributed by atoms with E-state index in [0.717, 1.165) is 12.1 Å². The number of hydrogen-bond donors (Lipinski definition) is 2. The second kappa shape index (κ2) is 11.4. The van der Waals surface area contributed by atoms with Crippen molar-refractivity contribution in [2.75, 3.05) is 56.0 Å². The average Bonchev–Trinajstić information content (AvgIpc) is 2.86. The molecule has 0 aromatic heterocycles. The van der Waals surface area contributed by atoms with E-state index in [1.165, 1.54) is 11.0 Å². The van der Waals surface area contributed by atoms with E-state index in [1.54, 1.807) is 30.3 Å². The van der Waals surface area contributed by atoms with Crippen LogP contribution < -0.4 is 15.5 Å². The normalized spacial score (nSPS) is 18.9. The van der Waals surface area contributed by atoms with E-state index < -0.39 is 23.7 Å². The third kappa shape index (κ3) is 6.92. The van der Waals surface area contributed by atoms with E-state index in [9.17, 15) is 27.6 Å². The van der Waals surface area contributed by atoms with Gasteiger partial charge in [-0.2, -0.15) is 13.2 Å². The molecule has 8 nitrogen and oxygen atoms in total. The van der Waals surface area contributed by atoms with Gasteiger partial charge in [-0.15, -0.1) is 0 Å². The number of rotatable bonds is 6. The summed E-state index contributed by atoms with van der Waals surface area (Å²) in [6.45, 7) is 2.51. The molecule has 2 fully saturated rings. The van der Waals surface area contributed by atoms with Crippen molar-refractivity contribution in [1.82, 2.24) is 15.1 Å². The first-order chi connectivity index (χ1) is 17.6. The van der Waals surface area contributed by atoms with Crippen LogP contribution in [0.3, 0.4) is 0 Å². The Hall–Kier alpha value is -3.31. The van der Waals surface area contributed by atoms with E-state index in [0.29, 0.717) is 49.1 Å². The summed E-state index contributed by atoms with van der Waals surface area (Å²) < 4.78 is 39.2. The van der Waals surface area contributed by atoms with Crippen LogP contribution in [-0.4, -0.2) is 79.4 Å². The largest absolute Gasteiger partial charge is 0.416 e. The topological polar surface area (TPSA) is 85.0 Å². The molecule has 2 aromatic carbocycles. The number of nitrogens with one attached hydrogen (secondary N) is 2. The lowest BCUT2D eigenvalue weighted by Gasteiger charge is -2.39. The smallest absolute Gasteiger partial charge is 0.369 e. The monoisotopic (exact) mass is 537 g/mol. The van der Waals surface area contributed by atoms with Gasteiger partial charge in [0.05, 0.1) is 18.5 Å². The molecule has 198 valence electrons. The van der Waals surface area contributed by atoms with Gasteiger partial charge < -0.3 is 20.4 Å². The van der Waals surface area contributed by atoms with Crippen LogP contribution >= 0.6 is 11.6 Å². The van der Waals surface area contributed by atoms with Gasteiger partial charge in [0.2, 0.25) is 17.7 Å². The summed E-state index contributed by atoms with van der Waals surface area (Å²) in [6, 6.07) is 10.8. The molecule has 2 aromatic rings.